The number of halogens is 4. The first-order chi connectivity index (χ1) is 13.9. The van der Waals surface area contributed by atoms with Gasteiger partial charge in [-0.3, -0.25) is 4.79 Å². The van der Waals surface area contributed by atoms with Crippen LogP contribution in [0.25, 0.3) is 0 Å². The van der Waals surface area contributed by atoms with Crippen LogP contribution in [0.5, 0.6) is 11.5 Å². The largest absolute Gasteiger partial charge is 0.492 e. The summed E-state index contributed by atoms with van der Waals surface area (Å²) in [5, 5.41) is 0.974. The van der Waals surface area contributed by atoms with Gasteiger partial charge in [0.15, 0.2) is 11.6 Å². The molecule has 1 heterocycles. The Balaban J connectivity index is 1.36. The van der Waals surface area contributed by atoms with Gasteiger partial charge in [-0.1, -0.05) is 23.2 Å². The normalized spacial score (nSPS) is 14.7. The summed E-state index contributed by atoms with van der Waals surface area (Å²) in [6.07, 6.45) is 2.10. The van der Waals surface area contributed by atoms with Gasteiger partial charge in [-0.15, -0.1) is 0 Å². The van der Waals surface area contributed by atoms with Crippen LogP contribution in [0, 0.1) is 11.6 Å². The van der Waals surface area contributed by atoms with Gasteiger partial charge in [-0.25, -0.2) is 8.78 Å². The van der Waals surface area contributed by atoms with E-state index in [0.29, 0.717) is 66.9 Å². The summed E-state index contributed by atoms with van der Waals surface area (Å²) in [6.45, 7) is 1.51. The molecule has 0 atom stereocenters. The number of carbonyl (C=O) groups excluding carboxylic acids is 1. The first-order valence-electron chi connectivity index (χ1n) is 9.39. The van der Waals surface area contributed by atoms with Crippen molar-refractivity contribution in [3.8, 4) is 11.5 Å². The zero-order valence-corrected chi connectivity index (χ0v) is 17.2. The fourth-order valence-electron chi connectivity index (χ4n) is 3.12. The van der Waals surface area contributed by atoms with Crippen molar-refractivity contribution < 1.29 is 23.0 Å². The molecule has 0 spiro atoms. The number of nitrogens with zero attached hydrogens (tertiary/aromatic N) is 1. The molecule has 0 N–H and O–H groups in total. The van der Waals surface area contributed by atoms with E-state index in [-0.39, 0.29) is 12.0 Å². The second-order valence-electron chi connectivity index (χ2n) is 6.80. The highest BCUT2D eigenvalue weighted by atomic mass is 35.5. The fourth-order valence-corrected chi connectivity index (χ4v) is 3.58. The maximum absolute atomic E-state index is 13.3. The lowest BCUT2D eigenvalue weighted by molar-refractivity contribution is -0.133. The molecule has 29 heavy (non-hydrogen) atoms. The molecule has 2 aromatic carbocycles. The number of ether oxygens (including phenoxy) is 2. The quantitative estimate of drug-likeness (QED) is 0.530. The number of likely N-dealkylation sites (tertiary alicyclic amines) is 1. The maximum atomic E-state index is 13.3. The number of benzene rings is 2. The smallest absolute Gasteiger partial charge is 0.222 e. The van der Waals surface area contributed by atoms with Gasteiger partial charge in [0, 0.05) is 43.4 Å². The Morgan fingerprint density at radius 3 is 2.52 bits per heavy atom. The van der Waals surface area contributed by atoms with E-state index in [4.69, 9.17) is 32.7 Å². The van der Waals surface area contributed by atoms with Crippen LogP contribution in [0.2, 0.25) is 10.0 Å². The molecule has 0 bridgehead atoms. The van der Waals surface area contributed by atoms with Gasteiger partial charge < -0.3 is 14.4 Å². The molecule has 156 valence electrons. The molecule has 0 aromatic heterocycles. The lowest BCUT2D eigenvalue weighted by Crippen LogP contribution is -2.41. The van der Waals surface area contributed by atoms with E-state index in [2.05, 4.69) is 0 Å². The second-order valence-corrected chi connectivity index (χ2v) is 7.64. The zero-order chi connectivity index (χ0) is 20.8. The molecule has 0 saturated carbocycles. The molecule has 1 aliphatic heterocycles. The molecule has 1 amide bonds. The summed E-state index contributed by atoms with van der Waals surface area (Å²) in [7, 11) is 0. The second kappa shape index (κ2) is 10.1. The lowest BCUT2D eigenvalue weighted by atomic mass is 10.1. The van der Waals surface area contributed by atoms with Crippen molar-refractivity contribution in [1.82, 2.24) is 4.90 Å². The first-order valence-corrected chi connectivity index (χ1v) is 10.2. The first kappa shape index (κ1) is 21.7. The summed E-state index contributed by atoms with van der Waals surface area (Å²) in [6, 6.07) is 8.49. The summed E-state index contributed by atoms with van der Waals surface area (Å²) in [5.74, 6) is -0.940. The van der Waals surface area contributed by atoms with Crippen LogP contribution in [-0.2, 0) is 4.79 Å². The number of piperidine rings is 1. The van der Waals surface area contributed by atoms with Gasteiger partial charge in [0.2, 0.25) is 5.91 Å². The van der Waals surface area contributed by atoms with Gasteiger partial charge in [-0.05, 0) is 36.8 Å². The highest BCUT2D eigenvalue weighted by Crippen LogP contribution is 2.27. The molecule has 8 heteroatoms. The molecular formula is C21H21Cl2F2NO3. The van der Waals surface area contributed by atoms with E-state index in [1.54, 1.807) is 23.1 Å². The Kier molecular flexibility index (Phi) is 7.56. The van der Waals surface area contributed by atoms with Crippen molar-refractivity contribution in [2.75, 3.05) is 19.7 Å². The van der Waals surface area contributed by atoms with Gasteiger partial charge in [0.1, 0.15) is 17.6 Å². The van der Waals surface area contributed by atoms with Gasteiger partial charge in [0.25, 0.3) is 0 Å². The third-order valence-corrected chi connectivity index (χ3v) is 5.21. The Morgan fingerprint density at radius 1 is 1.07 bits per heavy atom. The van der Waals surface area contributed by atoms with Gasteiger partial charge in [0.05, 0.1) is 11.6 Å². The minimum absolute atomic E-state index is 0.0575. The van der Waals surface area contributed by atoms with Crippen molar-refractivity contribution >= 4 is 29.1 Å². The number of rotatable bonds is 7. The molecule has 3 rings (SSSR count). The van der Waals surface area contributed by atoms with E-state index in [1.165, 1.54) is 6.07 Å². The van der Waals surface area contributed by atoms with Crippen molar-refractivity contribution in [2.45, 2.75) is 31.8 Å². The van der Waals surface area contributed by atoms with Crippen LogP contribution in [0.4, 0.5) is 8.78 Å². The summed E-state index contributed by atoms with van der Waals surface area (Å²) >= 11 is 11.9. The van der Waals surface area contributed by atoms with Crippen LogP contribution in [0.15, 0.2) is 36.4 Å². The molecule has 0 radical (unpaired) electrons. The maximum Gasteiger partial charge on any atom is 0.222 e. The number of hydrogen-bond donors (Lipinski definition) is 0. The standard InChI is InChI=1S/C21H21Cl2F2NO3/c22-14-3-6-20(17(23)12-14)28-11-1-2-21(27)26-9-7-15(8-10-26)29-16-4-5-18(24)19(25)13-16/h3-6,12-13,15H,1-2,7-11H2. The van der Waals surface area contributed by atoms with Crippen LogP contribution in [-0.4, -0.2) is 36.6 Å². The van der Waals surface area contributed by atoms with Gasteiger partial charge in [-0.2, -0.15) is 0 Å². The number of hydrogen-bond acceptors (Lipinski definition) is 3. The number of carbonyl (C=O) groups is 1. The predicted octanol–water partition coefficient (Wildman–Crippen LogP) is 5.50. The summed E-state index contributed by atoms with van der Waals surface area (Å²) in [4.78, 5) is 14.2. The number of amides is 1. The Labute approximate surface area is 178 Å². The van der Waals surface area contributed by atoms with E-state index in [0.717, 1.165) is 12.1 Å². The third-order valence-electron chi connectivity index (χ3n) is 4.67. The molecule has 0 unspecified atom stereocenters. The molecule has 1 aliphatic rings. The van der Waals surface area contributed by atoms with Crippen molar-refractivity contribution in [1.29, 1.82) is 0 Å². The topological polar surface area (TPSA) is 38.8 Å². The molecule has 1 fully saturated rings. The Bertz CT molecular complexity index is 858. The van der Waals surface area contributed by atoms with E-state index in [9.17, 15) is 13.6 Å². The van der Waals surface area contributed by atoms with Crippen LogP contribution < -0.4 is 9.47 Å². The monoisotopic (exact) mass is 443 g/mol. The molecule has 0 aliphatic carbocycles. The molecule has 1 saturated heterocycles. The third kappa shape index (κ3) is 6.21. The predicted molar refractivity (Wildman–Crippen MR) is 108 cm³/mol. The Hall–Kier alpha value is -2.05. The SMILES string of the molecule is O=C(CCCOc1ccc(Cl)cc1Cl)N1CCC(Oc2ccc(F)c(F)c2)CC1. The van der Waals surface area contributed by atoms with Crippen molar-refractivity contribution in [2.24, 2.45) is 0 Å². The minimum atomic E-state index is -0.933. The van der Waals surface area contributed by atoms with E-state index < -0.39 is 11.6 Å². The minimum Gasteiger partial charge on any atom is -0.492 e. The summed E-state index contributed by atoms with van der Waals surface area (Å²) < 4.78 is 37.5. The lowest BCUT2D eigenvalue weighted by Gasteiger charge is -2.32. The van der Waals surface area contributed by atoms with Crippen LogP contribution in [0.3, 0.4) is 0 Å². The molecular weight excluding hydrogens is 423 g/mol. The average molecular weight is 444 g/mol. The van der Waals surface area contributed by atoms with Gasteiger partial charge >= 0.3 is 0 Å². The van der Waals surface area contributed by atoms with E-state index >= 15 is 0 Å². The molecule has 2 aromatic rings. The highest BCUT2D eigenvalue weighted by Gasteiger charge is 2.24. The van der Waals surface area contributed by atoms with Crippen LogP contribution in [0.1, 0.15) is 25.7 Å². The highest BCUT2D eigenvalue weighted by molar-refractivity contribution is 6.35. The van der Waals surface area contributed by atoms with Crippen molar-refractivity contribution in [3.05, 3.63) is 58.1 Å². The average Bonchev–Trinajstić information content (AvgIpc) is 2.70. The Morgan fingerprint density at radius 2 is 1.83 bits per heavy atom. The summed E-state index contributed by atoms with van der Waals surface area (Å²) in [5.41, 5.74) is 0. The molecule has 4 nitrogen and oxygen atoms in total. The van der Waals surface area contributed by atoms with Crippen LogP contribution >= 0.6 is 23.2 Å². The fraction of sp³-hybridized carbons (Fsp3) is 0.381. The van der Waals surface area contributed by atoms with E-state index in [1.807, 2.05) is 0 Å². The zero-order valence-electron chi connectivity index (χ0n) is 15.7. The van der Waals surface area contributed by atoms with Crippen molar-refractivity contribution in [3.63, 3.8) is 0 Å².